The minimum Gasteiger partial charge on any atom is -0.361 e. The van der Waals surface area contributed by atoms with Crippen molar-refractivity contribution in [3.05, 3.63) is 35.2 Å². The van der Waals surface area contributed by atoms with Gasteiger partial charge in [0.25, 0.3) is 5.91 Å². The van der Waals surface area contributed by atoms with Crippen molar-refractivity contribution in [3.8, 4) is 0 Å². The fraction of sp³-hybridized carbons (Fsp3) is 0.364. The topological polar surface area (TPSA) is 83.8 Å². The minimum absolute atomic E-state index is 0.159. The maximum Gasteiger partial charge on any atom is 0.256 e. The lowest BCUT2D eigenvalue weighted by Crippen LogP contribution is -2.26. The molecule has 0 aliphatic carbocycles. The van der Waals surface area contributed by atoms with Crippen LogP contribution in [0.4, 0.5) is 0 Å². The summed E-state index contributed by atoms with van der Waals surface area (Å²) in [5, 5.41) is 6.55. The van der Waals surface area contributed by atoms with Gasteiger partial charge >= 0.3 is 0 Å². The maximum absolute atomic E-state index is 11.8. The quantitative estimate of drug-likeness (QED) is 0.826. The highest BCUT2D eigenvalue weighted by Gasteiger charge is 2.16. The van der Waals surface area contributed by atoms with Crippen LogP contribution < -0.4 is 5.32 Å². The molecule has 0 fully saturated rings. The van der Waals surface area contributed by atoms with Crippen molar-refractivity contribution >= 4 is 5.91 Å². The summed E-state index contributed by atoms with van der Waals surface area (Å²) in [4.78, 5) is 18.9. The summed E-state index contributed by atoms with van der Waals surface area (Å²) in [6.45, 7) is 4.00. The van der Waals surface area contributed by atoms with Gasteiger partial charge in [0.2, 0.25) is 0 Å². The van der Waals surface area contributed by atoms with Crippen LogP contribution in [0.2, 0.25) is 0 Å². The maximum atomic E-state index is 11.8. The largest absolute Gasteiger partial charge is 0.361 e. The van der Waals surface area contributed by atoms with Crippen molar-refractivity contribution in [3.63, 3.8) is 0 Å². The first-order chi connectivity index (χ1) is 8.18. The number of amides is 1. The summed E-state index contributed by atoms with van der Waals surface area (Å²) >= 11 is 0. The van der Waals surface area contributed by atoms with Crippen LogP contribution >= 0.6 is 0 Å². The number of aromatic nitrogens is 3. The number of nitrogens with one attached hydrogen (secondary N) is 2. The fourth-order valence-electron chi connectivity index (χ4n) is 1.62. The van der Waals surface area contributed by atoms with E-state index in [1.54, 1.807) is 26.2 Å². The highest BCUT2D eigenvalue weighted by Crippen LogP contribution is 2.11. The smallest absolute Gasteiger partial charge is 0.256 e. The third-order valence-electron chi connectivity index (χ3n) is 2.46. The van der Waals surface area contributed by atoms with Crippen molar-refractivity contribution in [2.24, 2.45) is 0 Å². The van der Waals surface area contributed by atoms with E-state index >= 15 is 0 Å². The van der Waals surface area contributed by atoms with Crippen LogP contribution in [-0.4, -0.2) is 27.6 Å². The molecule has 0 radical (unpaired) electrons. The van der Waals surface area contributed by atoms with Gasteiger partial charge in [-0.1, -0.05) is 5.16 Å². The third-order valence-corrected chi connectivity index (χ3v) is 2.46. The molecular weight excluding hydrogens is 220 g/mol. The van der Waals surface area contributed by atoms with Crippen LogP contribution in [0.25, 0.3) is 0 Å². The molecule has 0 spiro atoms. The Labute approximate surface area is 98.4 Å². The van der Waals surface area contributed by atoms with E-state index in [1.165, 1.54) is 0 Å². The Morgan fingerprint density at radius 1 is 1.53 bits per heavy atom. The molecule has 0 aliphatic heterocycles. The average Bonchev–Trinajstić information content (AvgIpc) is 2.89. The molecule has 1 amide bonds. The Balaban J connectivity index is 1.90. The fourth-order valence-corrected chi connectivity index (χ4v) is 1.62. The van der Waals surface area contributed by atoms with E-state index in [0.29, 0.717) is 30.0 Å². The monoisotopic (exact) mass is 234 g/mol. The molecule has 0 saturated carbocycles. The van der Waals surface area contributed by atoms with E-state index in [0.717, 1.165) is 5.82 Å². The second-order valence-electron chi connectivity index (χ2n) is 3.74. The molecule has 2 rings (SSSR count). The number of aryl methyl sites for hydroxylation is 2. The Morgan fingerprint density at radius 2 is 2.35 bits per heavy atom. The highest BCUT2D eigenvalue weighted by atomic mass is 16.5. The van der Waals surface area contributed by atoms with Gasteiger partial charge < -0.3 is 14.8 Å². The number of nitrogens with zero attached hydrogens (tertiary/aromatic N) is 2. The van der Waals surface area contributed by atoms with Crippen molar-refractivity contribution in [1.29, 1.82) is 0 Å². The number of carbonyl (C=O) groups excluding carboxylic acids is 1. The molecule has 17 heavy (non-hydrogen) atoms. The van der Waals surface area contributed by atoms with E-state index in [4.69, 9.17) is 4.52 Å². The van der Waals surface area contributed by atoms with Crippen molar-refractivity contribution in [1.82, 2.24) is 20.4 Å². The zero-order chi connectivity index (χ0) is 12.3. The molecule has 2 aromatic heterocycles. The number of hydrogen-bond donors (Lipinski definition) is 2. The molecule has 0 aliphatic rings. The van der Waals surface area contributed by atoms with Crippen LogP contribution in [0.1, 0.15) is 27.6 Å². The highest BCUT2D eigenvalue weighted by molar-refractivity contribution is 5.96. The van der Waals surface area contributed by atoms with Gasteiger partial charge in [0.1, 0.15) is 17.1 Å². The van der Waals surface area contributed by atoms with Gasteiger partial charge in [-0.25, -0.2) is 4.98 Å². The van der Waals surface area contributed by atoms with Gasteiger partial charge in [-0.15, -0.1) is 0 Å². The van der Waals surface area contributed by atoms with E-state index in [9.17, 15) is 4.79 Å². The molecule has 2 aromatic rings. The lowest BCUT2D eigenvalue weighted by molar-refractivity contribution is 0.0952. The molecule has 0 bridgehead atoms. The summed E-state index contributed by atoms with van der Waals surface area (Å²) in [7, 11) is 0. The molecule has 0 aromatic carbocycles. The van der Waals surface area contributed by atoms with Crippen LogP contribution in [0.15, 0.2) is 16.9 Å². The summed E-state index contributed by atoms with van der Waals surface area (Å²) in [5.74, 6) is 1.23. The standard InChI is InChI=1S/C11H14N4O2/c1-7-10(8(2)17-15-7)11(16)14-4-3-9-12-5-6-13-9/h5-6H,3-4H2,1-2H3,(H,12,13)(H,14,16). The summed E-state index contributed by atoms with van der Waals surface area (Å²) < 4.78 is 4.94. The normalized spacial score (nSPS) is 10.5. The van der Waals surface area contributed by atoms with Gasteiger partial charge in [-0.05, 0) is 13.8 Å². The zero-order valence-corrected chi connectivity index (χ0v) is 9.78. The van der Waals surface area contributed by atoms with E-state index in [-0.39, 0.29) is 5.91 Å². The first-order valence-electron chi connectivity index (χ1n) is 5.38. The van der Waals surface area contributed by atoms with E-state index < -0.39 is 0 Å². The number of rotatable bonds is 4. The molecule has 0 atom stereocenters. The Morgan fingerprint density at radius 3 is 2.94 bits per heavy atom. The predicted octanol–water partition coefficient (Wildman–Crippen LogP) is 0.987. The number of hydrogen-bond acceptors (Lipinski definition) is 4. The minimum atomic E-state index is -0.159. The molecule has 90 valence electrons. The molecule has 2 N–H and O–H groups in total. The summed E-state index contributed by atoms with van der Waals surface area (Å²) in [6, 6.07) is 0. The summed E-state index contributed by atoms with van der Waals surface area (Å²) in [6.07, 6.45) is 4.11. The lowest BCUT2D eigenvalue weighted by atomic mass is 10.2. The summed E-state index contributed by atoms with van der Waals surface area (Å²) in [5.41, 5.74) is 1.13. The number of aromatic amines is 1. The second-order valence-corrected chi connectivity index (χ2v) is 3.74. The van der Waals surface area contributed by atoms with Crippen LogP contribution in [-0.2, 0) is 6.42 Å². The number of carbonyl (C=O) groups is 1. The third kappa shape index (κ3) is 2.52. The van der Waals surface area contributed by atoms with E-state index in [2.05, 4.69) is 20.4 Å². The van der Waals surface area contributed by atoms with Crippen molar-refractivity contribution < 1.29 is 9.32 Å². The van der Waals surface area contributed by atoms with Crippen molar-refractivity contribution in [2.75, 3.05) is 6.54 Å². The van der Waals surface area contributed by atoms with Crippen LogP contribution in [0.5, 0.6) is 0 Å². The molecule has 2 heterocycles. The molecule has 6 nitrogen and oxygen atoms in total. The van der Waals surface area contributed by atoms with Crippen molar-refractivity contribution in [2.45, 2.75) is 20.3 Å². The second kappa shape index (κ2) is 4.82. The zero-order valence-electron chi connectivity index (χ0n) is 9.78. The first-order valence-corrected chi connectivity index (χ1v) is 5.38. The SMILES string of the molecule is Cc1noc(C)c1C(=O)NCCc1ncc[nH]1. The first kappa shape index (κ1) is 11.4. The lowest BCUT2D eigenvalue weighted by Gasteiger charge is -2.02. The molecule has 0 unspecified atom stereocenters. The van der Waals surface area contributed by atoms with Gasteiger partial charge in [0, 0.05) is 25.4 Å². The van der Waals surface area contributed by atoms with E-state index in [1.807, 2.05) is 0 Å². The van der Waals surface area contributed by atoms with Gasteiger partial charge in [-0.3, -0.25) is 4.79 Å². The average molecular weight is 234 g/mol. The van der Waals surface area contributed by atoms with Gasteiger partial charge in [-0.2, -0.15) is 0 Å². The Kier molecular flexibility index (Phi) is 3.22. The number of imidazole rings is 1. The van der Waals surface area contributed by atoms with Gasteiger partial charge in [0.05, 0.1) is 5.69 Å². The van der Waals surface area contributed by atoms with Crippen LogP contribution in [0.3, 0.4) is 0 Å². The molecular formula is C11H14N4O2. The van der Waals surface area contributed by atoms with Gasteiger partial charge in [0.15, 0.2) is 0 Å². The molecule has 6 heteroatoms. The Hall–Kier alpha value is -2.11. The number of H-pyrrole nitrogens is 1. The molecule has 0 saturated heterocycles. The van der Waals surface area contributed by atoms with Crippen LogP contribution in [0, 0.1) is 13.8 Å². The predicted molar refractivity (Wildman–Crippen MR) is 60.6 cm³/mol. The Bertz CT molecular complexity index is 482.